The van der Waals surface area contributed by atoms with Crippen molar-refractivity contribution in [3.63, 3.8) is 0 Å². The van der Waals surface area contributed by atoms with Crippen LogP contribution in [0, 0.1) is 0 Å². The van der Waals surface area contributed by atoms with E-state index in [0.717, 1.165) is 30.5 Å². The van der Waals surface area contributed by atoms with Crippen LogP contribution in [0.15, 0.2) is 52.9 Å². The van der Waals surface area contributed by atoms with Gasteiger partial charge < -0.3 is 0 Å². The van der Waals surface area contributed by atoms with Crippen molar-refractivity contribution < 1.29 is 8.42 Å². The predicted octanol–water partition coefficient (Wildman–Crippen LogP) is 3.49. The summed E-state index contributed by atoms with van der Waals surface area (Å²) in [5, 5.41) is 2.37. The van der Waals surface area contributed by atoms with E-state index in [1.165, 1.54) is 16.9 Å². The summed E-state index contributed by atoms with van der Waals surface area (Å²) >= 11 is 1.36. The first kappa shape index (κ1) is 15.3. The van der Waals surface area contributed by atoms with Gasteiger partial charge in [0.15, 0.2) is 5.82 Å². The summed E-state index contributed by atoms with van der Waals surface area (Å²) < 4.78 is 27.7. The molecule has 0 saturated carbocycles. The van der Waals surface area contributed by atoms with Crippen LogP contribution in [0.4, 0.5) is 5.82 Å². The van der Waals surface area contributed by atoms with Crippen molar-refractivity contribution in [2.75, 3.05) is 4.72 Å². The average molecular weight is 357 g/mol. The molecule has 0 aliphatic heterocycles. The number of pyridine rings is 1. The van der Waals surface area contributed by atoms with Gasteiger partial charge in [0.2, 0.25) is 0 Å². The van der Waals surface area contributed by atoms with Crippen LogP contribution >= 0.6 is 11.3 Å². The van der Waals surface area contributed by atoms with Crippen molar-refractivity contribution in [1.29, 1.82) is 0 Å². The van der Waals surface area contributed by atoms with Gasteiger partial charge in [-0.2, -0.15) is 0 Å². The fourth-order valence-corrected chi connectivity index (χ4v) is 4.68. The third kappa shape index (κ3) is 2.92. The molecule has 1 N–H and O–H groups in total. The molecule has 0 bridgehead atoms. The third-order valence-electron chi connectivity index (χ3n) is 4.01. The van der Waals surface area contributed by atoms with E-state index in [9.17, 15) is 8.42 Å². The topological polar surface area (TPSA) is 72.0 Å². The lowest BCUT2D eigenvalue weighted by molar-refractivity contribution is 0.601. The Kier molecular flexibility index (Phi) is 3.82. The van der Waals surface area contributed by atoms with Gasteiger partial charge in [-0.15, -0.1) is 11.3 Å². The first-order valence-electron chi connectivity index (χ1n) is 7.63. The van der Waals surface area contributed by atoms with Crippen molar-refractivity contribution in [3.05, 3.63) is 59.1 Å². The zero-order valence-electron chi connectivity index (χ0n) is 12.8. The normalized spacial score (nSPS) is 13.7. The summed E-state index contributed by atoms with van der Waals surface area (Å²) in [7, 11) is -3.63. The van der Waals surface area contributed by atoms with Crippen molar-refractivity contribution in [2.45, 2.75) is 24.2 Å². The molecule has 4 rings (SSSR count). The molecule has 1 aliphatic rings. The van der Waals surface area contributed by atoms with Crippen LogP contribution in [0.5, 0.6) is 0 Å². The maximum atomic E-state index is 12.6. The number of anilines is 1. The molecular formula is C17H15N3O2S2. The van der Waals surface area contributed by atoms with Gasteiger partial charge in [0.25, 0.3) is 10.0 Å². The number of benzene rings is 1. The first-order valence-corrected chi connectivity index (χ1v) is 10.00. The first-order chi connectivity index (χ1) is 11.6. The number of aromatic nitrogens is 2. The van der Waals surface area contributed by atoms with Crippen LogP contribution in [0.1, 0.15) is 17.5 Å². The molecule has 0 atom stereocenters. The van der Waals surface area contributed by atoms with Crippen molar-refractivity contribution in [2.24, 2.45) is 0 Å². The van der Waals surface area contributed by atoms with E-state index < -0.39 is 10.0 Å². The molecule has 2 aromatic heterocycles. The number of hydrogen-bond donors (Lipinski definition) is 1. The van der Waals surface area contributed by atoms with Gasteiger partial charge in [0.1, 0.15) is 5.01 Å². The van der Waals surface area contributed by atoms with Crippen LogP contribution in [0.2, 0.25) is 0 Å². The molecule has 1 aromatic carbocycles. The SMILES string of the molecule is O=S(=O)(Nc1csc(-c2ccccn2)n1)c1ccc2c(c1)CCC2. The van der Waals surface area contributed by atoms with Crippen molar-refractivity contribution in [1.82, 2.24) is 9.97 Å². The van der Waals surface area contributed by atoms with Crippen LogP contribution in [-0.4, -0.2) is 18.4 Å². The Labute approximate surface area is 144 Å². The molecule has 122 valence electrons. The second-order valence-electron chi connectivity index (χ2n) is 5.64. The van der Waals surface area contributed by atoms with Gasteiger partial charge in [-0.25, -0.2) is 13.4 Å². The minimum absolute atomic E-state index is 0.288. The quantitative estimate of drug-likeness (QED) is 0.776. The van der Waals surface area contributed by atoms with Gasteiger partial charge in [0, 0.05) is 11.6 Å². The second-order valence-corrected chi connectivity index (χ2v) is 8.18. The molecule has 0 radical (unpaired) electrons. The highest BCUT2D eigenvalue weighted by Crippen LogP contribution is 2.28. The van der Waals surface area contributed by atoms with Crippen molar-refractivity contribution >= 4 is 27.2 Å². The van der Waals surface area contributed by atoms with Gasteiger partial charge in [-0.1, -0.05) is 12.1 Å². The minimum Gasteiger partial charge on any atom is -0.263 e. The van der Waals surface area contributed by atoms with Gasteiger partial charge in [-0.3, -0.25) is 9.71 Å². The van der Waals surface area contributed by atoms with E-state index >= 15 is 0 Å². The number of fused-ring (bicyclic) bond motifs is 1. The number of nitrogens with one attached hydrogen (secondary N) is 1. The lowest BCUT2D eigenvalue weighted by atomic mass is 10.1. The highest BCUT2D eigenvalue weighted by atomic mass is 32.2. The van der Waals surface area contributed by atoms with Crippen LogP contribution in [0.3, 0.4) is 0 Å². The number of nitrogens with zero attached hydrogens (tertiary/aromatic N) is 2. The van der Waals surface area contributed by atoms with E-state index in [1.54, 1.807) is 23.7 Å². The van der Waals surface area contributed by atoms with Crippen LogP contribution in [0.25, 0.3) is 10.7 Å². The third-order valence-corrected chi connectivity index (χ3v) is 6.22. The van der Waals surface area contributed by atoms with E-state index in [4.69, 9.17) is 0 Å². The Balaban J connectivity index is 1.59. The van der Waals surface area contributed by atoms with E-state index in [1.807, 2.05) is 24.3 Å². The summed E-state index contributed by atoms with van der Waals surface area (Å²) in [6, 6.07) is 10.9. The summed E-state index contributed by atoms with van der Waals surface area (Å²) in [6.07, 6.45) is 4.75. The fourth-order valence-electron chi connectivity index (χ4n) is 2.84. The highest BCUT2D eigenvalue weighted by molar-refractivity contribution is 7.92. The van der Waals surface area contributed by atoms with Crippen LogP contribution < -0.4 is 4.72 Å². The molecule has 3 aromatic rings. The zero-order chi connectivity index (χ0) is 16.6. The van der Waals surface area contributed by atoms with E-state index in [0.29, 0.717) is 10.8 Å². The molecule has 1 aliphatic carbocycles. The molecule has 7 heteroatoms. The Morgan fingerprint density at radius 1 is 1.08 bits per heavy atom. The Morgan fingerprint density at radius 2 is 1.96 bits per heavy atom. The molecule has 0 amide bonds. The van der Waals surface area contributed by atoms with Crippen molar-refractivity contribution in [3.8, 4) is 10.7 Å². The number of aryl methyl sites for hydroxylation is 2. The molecule has 24 heavy (non-hydrogen) atoms. The fraction of sp³-hybridized carbons (Fsp3) is 0.176. The van der Waals surface area contributed by atoms with Gasteiger partial charge in [-0.05, 0) is 54.7 Å². The Bertz CT molecular complexity index is 982. The summed E-state index contributed by atoms with van der Waals surface area (Å²) in [6.45, 7) is 0. The van der Waals surface area contributed by atoms with Gasteiger partial charge in [0.05, 0.1) is 10.6 Å². The number of sulfonamides is 1. The molecule has 2 heterocycles. The molecule has 0 fully saturated rings. The molecular weight excluding hydrogens is 342 g/mol. The molecule has 0 unspecified atom stereocenters. The molecule has 0 saturated heterocycles. The second kappa shape index (κ2) is 5.99. The van der Waals surface area contributed by atoms with E-state index in [-0.39, 0.29) is 4.90 Å². The number of hydrogen-bond acceptors (Lipinski definition) is 5. The standard InChI is InChI=1S/C17H15N3O2S2/c21-24(22,14-8-7-12-4-3-5-13(12)10-14)20-16-11-23-17(19-16)15-6-1-2-9-18-15/h1-2,6-11,20H,3-5H2. The monoisotopic (exact) mass is 357 g/mol. The molecule has 5 nitrogen and oxygen atoms in total. The smallest absolute Gasteiger partial charge is 0.263 e. The largest absolute Gasteiger partial charge is 0.263 e. The lowest BCUT2D eigenvalue weighted by Gasteiger charge is -2.07. The summed E-state index contributed by atoms with van der Waals surface area (Å²) in [5.41, 5.74) is 3.11. The van der Waals surface area contributed by atoms with Gasteiger partial charge >= 0.3 is 0 Å². The maximum Gasteiger partial charge on any atom is 0.263 e. The number of rotatable bonds is 4. The lowest BCUT2D eigenvalue weighted by Crippen LogP contribution is -2.13. The summed E-state index contributed by atoms with van der Waals surface area (Å²) in [4.78, 5) is 8.84. The molecule has 0 spiro atoms. The maximum absolute atomic E-state index is 12.6. The Morgan fingerprint density at radius 3 is 2.79 bits per heavy atom. The average Bonchev–Trinajstić information content (AvgIpc) is 3.23. The predicted molar refractivity (Wildman–Crippen MR) is 94.6 cm³/mol. The Hall–Kier alpha value is -2.25. The minimum atomic E-state index is -3.63. The summed E-state index contributed by atoms with van der Waals surface area (Å²) in [5.74, 6) is 0.321. The zero-order valence-corrected chi connectivity index (χ0v) is 14.4. The van der Waals surface area contributed by atoms with E-state index in [2.05, 4.69) is 14.7 Å². The highest BCUT2D eigenvalue weighted by Gasteiger charge is 2.19. The number of thiazole rings is 1. The van der Waals surface area contributed by atoms with Crippen LogP contribution in [-0.2, 0) is 22.9 Å².